The Hall–Kier alpha value is -3.52. The van der Waals surface area contributed by atoms with Crippen molar-refractivity contribution in [2.24, 2.45) is 0 Å². The number of aryl methyl sites for hydroxylation is 1. The van der Waals surface area contributed by atoms with Crippen LogP contribution in [0.2, 0.25) is 0 Å². The SMILES string of the molecule is Cc1cc(C#N)nc(NC2CCC(Oc3nc(N4CCOCC4)cc4ncnn34)CC2)n1. The quantitative estimate of drug-likeness (QED) is 0.633. The van der Waals surface area contributed by atoms with Crippen LogP contribution in [0.4, 0.5) is 11.8 Å². The van der Waals surface area contributed by atoms with E-state index in [-0.39, 0.29) is 12.1 Å². The van der Waals surface area contributed by atoms with Crippen LogP contribution in [0, 0.1) is 18.3 Å². The van der Waals surface area contributed by atoms with E-state index in [4.69, 9.17) is 19.7 Å². The molecule has 2 fully saturated rings. The van der Waals surface area contributed by atoms with Crippen LogP contribution in [0.25, 0.3) is 5.65 Å². The van der Waals surface area contributed by atoms with Gasteiger partial charge in [0.1, 0.15) is 30.0 Å². The van der Waals surface area contributed by atoms with Crippen LogP contribution in [0.15, 0.2) is 18.5 Å². The fourth-order valence-electron chi connectivity index (χ4n) is 4.17. The first-order valence-electron chi connectivity index (χ1n) is 10.9. The van der Waals surface area contributed by atoms with Gasteiger partial charge < -0.3 is 19.7 Å². The molecule has 3 aromatic rings. The molecular formula is C21H25N9O2. The molecule has 1 N–H and O–H groups in total. The van der Waals surface area contributed by atoms with E-state index in [0.29, 0.717) is 30.9 Å². The van der Waals surface area contributed by atoms with Gasteiger partial charge in [-0.3, -0.25) is 0 Å². The molecule has 2 aliphatic rings. The van der Waals surface area contributed by atoms with E-state index in [2.05, 4.69) is 36.3 Å². The molecule has 11 heteroatoms. The molecule has 32 heavy (non-hydrogen) atoms. The Morgan fingerprint density at radius 2 is 1.94 bits per heavy atom. The molecule has 1 aliphatic carbocycles. The smallest absolute Gasteiger partial charge is 0.321 e. The lowest BCUT2D eigenvalue weighted by Crippen LogP contribution is -2.37. The maximum absolute atomic E-state index is 9.12. The minimum Gasteiger partial charge on any atom is -0.460 e. The molecular weight excluding hydrogens is 410 g/mol. The van der Waals surface area contributed by atoms with Gasteiger partial charge in [-0.15, -0.1) is 0 Å². The molecule has 1 saturated heterocycles. The minimum absolute atomic E-state index is 0.0426. The Balaban J connectivity index is 1.25. The molecule has 5 rings (SSSR count). The fourth-order valence-corrected chi connectivity index (χ4v) is 4.17. The topological polar surface area (TPSA) is 126 Å². The molecule has 0 spiro atoms. The predicted molar refractivity (Wildman–Crippen MR) is 116 cm³/mol. The lowest BCUT2D eigenvalue weighted by molar-refractivity contribution is 0.121. The Labute approximate surface area is 185 Å². The highest BCUT2D eigenvalue weighted by atomic mass is 16.5. The molecule has 3 aromatic heterocycles. The van der Waals surface area contributed by atoms with E-state index < -0.39 is 0 Å². The standard InChI is InChI=1S/C21H25N9O2/c1-14-10-16(12-22)27-20(25-14)26-15-2-4-17(5-3-15)32-21-28-19(29-6-8-31-9-7-29)11-18-23-13-24-30(18)21/h10-11,13,15,17H,2-9H2,1H3,(H,25,26,27). The maximum Gasteiger partial charge on any atom is 0.321 e. The number of aromatic nitrogens is 6. The number of nitrogens with one attached hydrogen (secondary N) is 1. The Kier molecular flexibility index (Phi) is 5.68. The molecule has 1 aliphatic heterocycles. The van der Waals surface area contributed by atoms with Gasteiger partial charge in [-0.25, -0.2) is 15.0 Å². The Morgan fingerprint density at radius 1 is 1.12 bits per heavy atom. The first kappa shape index (κ1) is 20.4. The molecule has 0 bridgehead atoms. The molecule has 1 saturated carbocycles. The summed E-state index contributed by atoms with van der Waals surface area (Å²) in [6.45, 7) is 4.83. The lowest BCUT2D eigenvalue weighted by atomic mass is 9.93. The number of anilines is 2. The van der Waals surface area contributed by atoms with E-state index in [1.165, 1.54) is 6.33 Å². The van der Waals surface area contributed by atoms with E-state index >= 15 is 0 Å². The summed E-state index contributed by atoms with van der Waals surface area (Å²) in [7, 11) is 0. The number of hydrogen-bond acceptors (Lipinski definition) is 10. The largest absolute Gasteiger partial charge is 0.460 e. The van der Waals surface area contributed by atoms with Crippen LogP contribution >= 0.6 is 0 Å². The number of rotatable bonds is 5. The molecule has 0 amide bonds. The second-order valence-electron chi connectivity index (χ2n) is 8.09. The van der Waals surface area contributed by atoms with Gasteiger partial charge in [0, 0.05) is 30.9 Å². The van der Waals surface area contributed by atoms with Crippen LogP contribution in [-0.4, -0.2) is 68.0 Å². The van der Waals surface area contributed by atoms with Crippen molar-refractivity contribution in [3.05, 3.63) is 29.8 Å². The van der Waals surface area contributed by atoms with Crippen molar-refractivity contribution in [1.82, 2.24) is 29.5 Å². The number of morpholine rings is 1. The first-order valence-corrected chi connectivity index (χ1v) is 10.9. The Bertz CT molecular complexity index is 1130. The molecule has 0 unspecified atom stereocenters. The highest BCUT2D eigenvalue weighted by Gasteiger charge is 2.25. The zero-order valence-electron chi connectivity index (χ0n) is 17.9. The van der Waals surface area contributed by atoms with Crippen molar-refractivity contribution in [3.8, 4) is 12.1 Å². The van der Waals surface area contributed by atoms with Gasteiger partial charge in [0.05, 0.1) is 13.2 Å². The molecule has 166 valence electrons. The zero-order valence-corrected chi connectivity index (χ0v) is 17.9. The number of fused-ring (bicyclic) bond motifs is 1. The maximum atomic E-state index is 9.12. The predicted octanol–water partition coefficient (Wildman–Crippen LogP) is 1.73. The van der Waals surface area contributed by atoms with Crippen LogP contribution in [0.1, 0.15) is 37.1 Å². The Morgan fingerprint density at radius 3 is 2.72 bits per heavy atom. The van der Waals surface area contributed by atoms with Crippen molar-refractivity contribution < 1.29 is 9.47 Å². The monoisotopic (exact) mass is 435 g/mol. The van der Waals surface area contributed by atoms with Gasteiger partial charge in [0.15, 0.2) is 5.65 Å². The van der Waals surface area contributed by atoms with E-state index in [1.807, 2.05) is 13.0 Å². The van der Waals surface area contributed by atoms with Crippen molar-refractivity contribution >= 4 is 17.4 Å². The van der Waals surface area contributed by atoms with Crippen molar-refractivity contribution in [2.45, 2.75) is 44.8 Å². The zero-order chi connectivity index (χ0) is 21.9. The van der Waals surface area contributed by atoms with Crippen LogP contribution < -0.4 is 15.0 Å². The highest BCUT2D eigenvalue weighted by Crippen LogP contribution is 2.26. The number of nitriles is 1. The van der Waals surface area contributed by atoms with E-state index in [9.17, 15) is 0 Å². The van der Waals surface area contributed by atoms with Gasteiger partial charge in [-0.1, -0.05) is 0 Å². The first-order chi connectivity index (χ1) is 15.7. The van der Waals surface area contributed by atoms with Crippen LogP contribution in [0.5, 0.6) is 6.01 Å². The number of hydrogen-bond donors (Lipinski definition) is 1. The summed E-state index contributed by atoms with van der Waals surface area (Å²) in [5, 5.41) is 16.8. The minimum atomic E-state index is 0.0426. The van der Waals surface area contributed by atoms with Gasteiger partial charge in [0.2, 0.25) is 5.95 Å². The van der Waals surface area contributed by atoms with Crippen molar-refractivity contribution in [3.63, 3.8) is 0 Å². The summed E-state index contributed by atoms with van der Waals surface area (Å²) in [6.07, 6.45) is 5.12. The van der Waals surface area contributed by atoms with E-state index in [1.54, 1.807) is 10.6 Å². The van der Waals surface area contributed by atoms with Gasteiger partial charge in [-0.05, 0) is 38.7 Å². The normalized spacial score (nSPS) is 21.3. The average molecular weight is 435 g/mol. The number of nitrogens with zero attached hydrogens (tertiary/aromatic N) is 8. The second kappa shape index (κ2) is 8.92. The highest BCUT2D eigenvalue weighted by molar-refractivity contribution is 5.52. The van der Waals surface area contributed by atoms with Gasteiger partial charge >= 0.3 is 6.01 Å². The van der Waals surface area contributed by atoms with Crippen LogP contribution in [-0.2, 0) is 4.74 Å². The molecule has 0 aromatic carbocycles. The molecule has 0 atom stereocenters. The summed E-state index contributed by atoms with van der Waals surface area (Å²) < 4.78 is 13.4. The van der Waals surface area contributed by atoms with E-state index in [0.717, 1.165) is 55.9 Å². The summed E-state index contributed by atoms with van der Waals surface area (Å²) in [6, 6.07) is 6.40. The lowest BCUT2D eigenvalue weighted by Gasteiger charge is -2.30. The fraction of sp³-hybridized carbons (Fsp3) is 0.524. The molecule has 0 radical (unpaired) electrons. The summed E-state index contributed by atoms with van der Waals surface area (Å²) in [4.78, 5) is 19.9. The third-order valence-corrected chi connectivity index (χ3v) is 5.81. The number of ether oxygens (including phenoxy) is 2. The van der Waals surface area contributed by atoms with Crippen LogP contribution in [0.3, 0.4) is 0 Å². The summed E-state index contributed by atoms with van der Waals surface area (Å²) in [5.41, 5.74) is 1.87. The van der Waals surface area contributed by atoms with Crippen molar-refractivity contribution in [1.29, 1.82) is 5.26 Å². The van der Waals surface area contributed by atoms with Gasteiger partial charge in [-0.2, -0.15) is 19.9 Å². The molecule has 4 heterocycles. The third kappa shape index (κ3) is 4.40. The summed E-state index contributed by atoms with van der Waals surface area (Å²) >= 11 is 0. The summed E-state index contributed by atoms with van der Waals surface area (Å²) in [5.74, 6) is 1.35. The molecule has 11 nitrogen and oxygen atoms in total. The second-order valence-corrected chi connectivity index (χ2v) is 8.09. The van der Waals surface area contributed by atoms with Gasteiger partial charge in [0.25, 0.3) is 0 Å². The average Bonchev–Trinajstić information content (AvgIpc) is 3.30. The third-order valence-electron chi connectivity index (χ3n) is 5.81. The van der Waals surface area contributed by atoms with Crippen molar-refractivity contribution in [2.75, 3.05) is 36.5 Å².